The fraction of sp³-hybridized carbons (Fsp3) is 0.556. The van der Waals surface area contributed by atoms with Crippen LogP contribution in [0.15, 0.2) is 12.1 Å². The van der Waals surface area contributed by atoms with Gasteiger partial charge in [0.25, 0.3) is 0 Å². The Hall–Kier alpha value is -2.30. The summed E-state index contributed by atoms with van der Waals surface area (Å²) in [5.74, 6) is -0.739. The number of carbonyl (C=O) groups excluding carboxylic acids is 1. The first-order chi connectivity index (χ1) is 13.4. The van der Waals surface area contributed by atoms with Crippen LogP contribution in [0.4, 0.5) is 0 Å². The number of benzene rings is 1. The zero-order valence-electron chi connectivity index (χ0n) is 15.2. The second-order valence-corrected chi connectivity index (χ2v) is 8.12. The Morgan fingerprint density at radius 2 is 2.11 bits per heavy atom. The molecule has 0 bridgehead atoms. The highest BCUT2D eigenvalue weighted by atomic mass is 16.5. The number of ether oxygens (including phenoxy) is 1. The van der Waals surface area contributed by atoms with E-state index >= 15 is 0 Å². The molecule has 0 aromatic heterocycles. The lowest BCUT2D eigenvalue weighted by atomic mass is 9.77. The molecule has 1 amide bonds. The maximum Gasteiger partial charge on any atom is 0.526 e. The highest BCUT2D eigenvalue weighted by Crippen LogP contribution is 2.60. The zero-order valence-corrected chi connectivity index (χ0v) is 15.2. The number of aromatic carboxylic acids is 1. The van der Waals surface area contributed by atoms with Crippen molar-refractivity contribution in [2.75, 3.05) is 19.6 Å². The SMILES string of the molecule is NC(=O)C1CC(N2CC(Oc3ccc4c(c3C(=O)O)OB(O)C3CC43)C2)CN1. The number of primary amides is 1. The molecule has 3 aliphatic heterocycles. The van der Waals surface area contributed by atoms with E-state index in [0.29, 0.717) is 26.1 Å². The van der Waals surface area contributed by atoms with Crippen molar-refractivity contribution in [2.45, 2.75) is 42.8 Å². The van der Waals surface area contributed by atoms with Crippen LogP contribution >= 0.6 is 0 Å². The van der Waals surface area contributed by atoms with Crippen molar-refractivity contribution in [3.8, 4) is 11.5 Å². The van der Waals surface area contributed by atoms with Gasteiger partial charge in [-0.15, -0.1) is 0 Å². The van der Waals surface area contributed by atoms with E-state index in [0.717, 1.165) is 12.0 Å². The largest absolute Gasteiger partial charge is 0.535 e. The van der Waals surface area contributed by atoms with Crippen LogP contribution in [0, 0.1) is 0 Å². The standard InChI is InChI=1S/C18H22BN3O6/c20-17(23)13-3-8(5-21-13)22-6-9(7-22)27-14-2-1-10-11-4-12(11)19(26)28-16(10)15(14)18(24)25/h1-2,8-9,11-13,21,26H,3-7H2,(H2,20,23)(H,24,25). The minimum Gasteiger partial charge on any atom is -0.535 e. The number of nitrogens with one attached hydrogen (secondary N) is 1. The molecule has 1 aromatic carbocycles. The first-order valence-corrected chi connectivity index (χ1v) is 9.60. The van der Waals surface area contributed by atoms with Crippen LogP contribution in [0.5, 0.6) is 11.5 Å². The Labute approximate surface area is 161 Å². The van der Waals surface area contributed by atoms with Crippen LogP contribution in [0.2, 0.25) is 5.82 Å². The molecule has 9 nitrogen and oxygen atoms in total. The highest BCUT2D eigenvalue weighted by Gasteiger charge is 2.54. The summed E-state index contributed by atoms with van der Waals surface area (Å²) in [4.78, 5) is 25.4. The van der Waals surface area contributed by atoms with Crippen LogP contribution in [-0.2, 0) is 4.79 Å². The third-order valence-electron chi connectivity index (χ3n) is 6.35. The number of hydrogen-bond donors (Lipinski definition) is 4. The molecule has 4 aliphatic rings. The summed E-state index contributed by atoms with van der Waals surface area (Å²) in [5.41, 5.74) is 6.16. The average Bonchev–Trinajstić information content (AvgIpc) is 3.27. The van der Waals surface area contributed by atoms with Gasteiger partial charge in [0, 0.05) is 31.5 Å². The van der Waals surface area contributed by atoms with Gasteiger partial charge in [-0.25, -0.2) is 4.79 Å². The molecule has 1 saturated carbocycles. The Balaban J connectivity index is 1.28. The molecule has 5 rings (SSSR count). The van der Waals surface area contributed by atoms with E-state index in [2.05, 4.69) is 10.2 Å². The number of carbonyl (C=O) groups is 2. The molecule has 3 heterocycles. The molecule has 3 fully saturated rings. The maximum atomic E-state index is 11.9. The number of rotatable bonds is 5. The number of likely N-dealkylation sites (tertiary alicyclic amines) is 1. The number of hydrogen-bond acceptors (Lipinski definition) is 7. The van der Waals surface area contributed by atoms with Crippen molar-refractivity contribution in [3.63, 3.8) is 0 Å². The molecular formula is C18H22BN3O6. The molecule has 0 spiro atoms. The smallest absolute Gasteiger partial charge is 0.526 e. The first-order valence-electron chi connectivity index (χ1n) is 9.60. The Kier molecular flexibility index (Phi) is 4.04. The van der Waals surface area contributed by atoms with Crippen molar-refractivity contribution in [2.24, 2.45) is 5.73 Å². The van der Waals surface area contributed by atoms with Crippen molar-refractivity contribution in [1.29, 1.82) is 0 Å². The van der Waals surface area contributed by atoms with Gasteiger partial charge in [0.15, 0.2) is 0 Å². The van der Waals surface area contributed by atoms with E-state index in [4.69, 9.17) is 15.1 Å². The normalized spacial score (nSPS) is 31.4. The third-order valence-corrected chi connectivity index (χ3v) is 6.35. The summed E-state index contributed by atoms with van der Waals surface area (Å²) in [5, 5.41) is 22.8. The highest BCUT2D eigenvalue weighted by molar-refractivity contribution is 6.48. The van der Waals surface area contributed by atoms with Crippen molar-refractivity contribution < 1.29 is 29.1 Å². The molecule has 1 aliphatic carbocycles. The van der Waals surface area contributed by atoms with Gasteiger partial charge in [0.1, 0.15) is 23.2 Å². The van der Waals surface area contributed by atoms with E-state index in [1.54, 1.807) is 6.07 Å². The van der Waals surface area contributed by atoms with Gasteiger partial charge in [-0.05, 0) is 30.4 Å². The summed E-state index contributed by atoms with van der Waals surface area (Å²) < 4.78 is 11.5. The van der Waals surface area contributed by atoms with E-state index in [1.165, 1.54) is 0 Å². The van der Waals surface area contributed by atoms with Gasteiger partial charge in [-0.1, -0.05) is 6.07 Å². The number of amides is 1. The molecule has 28 heavy (non-hydrogen) atoms. The van der Waals surface area contributed by atoms with E-state index in [-0.39, 0.29) is 52.9 Å². The average molecular weight is 387 g/mol. The van der Waals surface area contributed by atoms with Gasteiger partial charge in [0.2, 0.25) is 5.91 Å². The maximum absolute atomic E-state index is 11.9. The number of fused-ring (bicyclic) bond motifs is 3. The molecule has 1 aromatic rings. The molecule has 0 radical (unpaired) electrons. The van der Waals surface area contributed by atoms with Gasteiger partial charge in [0.05, 0.1) is 6.04 Å². The Bertz CT molecular complexity index is 845. The first kappa shape index (κ1) is 17.8. The Morgan fingerprint density at radius 3 is 2.79 bits per heavy atom. The minimum absolute atomic E-state index is 0.0170. The molecule has 2 saturated heterocycles. The molecule has 10 heteroatoms. The van der Waals surface area contributed by atoms with Gasteiger partial charge >= 0.3 is 13.1 Å². The van der Waals surface area contributed by atoms with Crippen molar-refractivity contribution >= 4 is 19.0 Å². The van der Waals surface area contributed by atoms with Crippen LogP contribution < -0.4 is 20.4 Å². The fourth-order valence-electron chi connectivity index (χ4n) is 4.63. The molecule has 5 N–H and O–H groups in total. The second kappa shape index (κ2) is 6.36. The van der Waals surface area contributed by atoms with Crippen molar-refractivity contribution in [3.05, 3.63) is 23.3 Å². The third kappa shape index (κ3) is 2.83. The summed E-state index contributed by atoms with van der Waals surface area (Å²) in [6.07, 6.45) is 1.36. The van der Waals surface area contributed by atoms with E-state index in [1.807, 2.05) is 6.07 Å². The lowest BCUT2D eigenvalue weighted by Crippen LogP contribution is -2.58. The Morgan fingerprint density at radius 1 is 1.32 bits per heavy atom. The lowest BCUT2D eigenvalue weighted by Gasteiger charge is -2.42. The van der Waals surface area contributed by atoms with Crippen LogP contribution in [0.1, 0.15) is 34.7 Å². The zero-order chi connectivity index (χ0) is 19.6. The van der Waals surface area contributed by atoms with Gasteiger partial charge in [-0.3, -0.25) is 9.69 Å². The quantitative estimate of drug-likeness (QED) is 0.492. The number of carboxylic acids is 1. The summed E-state index contributed by atoms with van der Waals surface area (Å²) >= 11 is 0. The fourth-order valence-corrected chi connectivity index (χ4v) is 4.63. The lowest BCUT2D eigenvalue weighted by molar-refractivity contribution is -0.119. The molecule has 148 valence electrons. The number of carboxylic acid groups (broad SMARTS) is 1. The second-order valence-electron chi connectivity index (χ2n) is 8.12. The van der Waals surface area contributed by atoms with Gasteiger partial charge < -0.3 is 30.6 Å². The molecular weight excluding hydrogens is 365 g/mol. The van der Waals surface area contributed by atoms with Crippen LogP contribution in [-0.4, -0.2) is 71.8 Å². The molecule has 4 unspecified atom stereocenters. The summed E-state index contributed by atoms with van der Waals surface area (Å²) in [6, 6.07) is 3.48. The van der Waals surface area contributed by atoms with Crippen molar-refractivity contribution in [1.82, 2.24) is 10.2 Å². The predicted molar refractivity (Wildman–Crippen MR) is 98.5 cm³/mol. The molecule has 4 atom stereocenters. The van der Waals surface area contributed by atoms with E-state index in [9.17, 15) is 19.7 Å². The monoisotopic (exact) mass is 387 g/mol. The van der Waals surface area contributed by atoms with E-state index < -0.39 is 13.1 Å². The predicted octanol–water partition coefficient (Wildman–Crippen LogP) is -0.606. The number of nitrogens with zero attached hydrogens (tertiary/aromatic N) is 1. The van der Waals surface area contributed by atoms with Crippen LogP contribution in [0.25, 0.3) is 0 Å². The summed E-state index contributed by atoms with van der Waals surface area (Å²) in [6.45, 7) is 2.01. The minimum atomic E-state index is -1.13. The van der Waals surface area contributed by atoms with Gasteiger partial charge in [-0.2, -0.15) is 0 Å². The van der Waals surface area contributed by atoms with Crippen LogP contribution in [0.3, 0.4) is 0 Å². The number of nitrogens with two attached hydrogens (primary N) is 1. The topological polar surface area (TPSA) is 134 Å². The summed E-state index contributed by atoms with van der Waals surface area (Å²) in [7, 11) is -0.960.